The summed E-state index contributed by atoms with van der Waals surface area (Å²) in [4.78, 5) is 14.3. The van der Waals surface area contributed by atoms with E-state index in [-0.39, 0.29) is 23.9 Å². The number of nitrogens with two attached hydrogens (primary N) is 1. The normalized spacial score (nSPS) is 26.2. The Morgan fingerprint density at radius 2 is 2.33 bits per heavy atom. The minimum absolute atomic E-state index is 0.0590. The smallest absolute Gasteiger partial charge is 0.313 e. The minimum Gasteiger partial charge on any atom is -0.399 e. The number of carbonyl (C=O) groups excluding carboxylic acids is 1. The lowest BCUT2D eigenvalue weighted by Gasteiger charge is -2.37. The van der Waals surface area contributed by atoms with Crippen molar-refractivity contribution in [2.75, 3.05) is 19.3 Å². The number of likely N-dealkylation sites (tertiary alicyclic amines) is 1. The molecule has 0 radical (unpaired) electrons. The second kappa shape index (κ2) is 3.94. The maximum absolute atomic E-state index is 11.9. The highest BCUT2D eigenvalue weighted by molar-refractivity contribution is 5.89. The fourth-order valence-corrected chi connectivity index (χ4v) is 2.73. The van der Waals surface area contributed by atoms with E-state index in [1.54, 1.807) is 0 Å². The Kier molecular flexibility index (Phi) is 2.51. The van der Waals surface area contributed by atoms with Crippen molar-refractivity contribution >= 4 is 11.9 Å². The van der Waals surface area contributed by atoms with Crippen molar-refractivity contribution in [3.8, 4) is 0 Å². The largest absolute Gasteiger partial charge is 0.399 e. The number of hydrogen-bond donors (Lipinski definition) is 2. The summed E-state index contributed by atoms with van der Waals surface area (Å²) in [6.45, 7) is 1.01. The fourth-order valence-electron chi connectivity index (χ4n) is 2.73. The van der Waals surface area contributed by atoms with Crippen LogP contribution in [0.25, 0.3) is 0 Å². The molecule has 2 aliphatic rings. The quantitative estimate of drug-likeness (QED) is 0.768. The maximum Gasteiger partial charge on any atom is 0.313 e. The van der Waals surface area contributed by atoms with Crippen LogP contribution in [0.2, 0.25) is 0 Å². The van der Waals surface area contributed by atoms with Crippen LogP contribution in [0, 0.1) is 0 Å². The second-order valence-corrected chi connectivity index (χ2v) is 5.25. The summed E-state index contributed by atoms with van der Waals surface area (Å²) in [5.74, 6) is -0.388. The number of amides is 1. The Morgan fingerprint density at radius 3 is 2.94 bits per heavy atom. The van der Waals surface area contributed by atoms with Gasteiger partial charge in [0.15, 0.2) is 0 Å². The summed E-state index contributed by atoms with van der Waals surface area (Å²) in [5, 5.41) is 10.0. The van der Waals surface area contributed by atoms with E-state index in [1.165, 1.54) is 12.8 Å². The number of anilines is 1. The third kappa shape index (κ3) is 1.94. The van der Waals surface area contributed by atoms with Gasteiger partial charge in [-0.15, -0.1) is 5.10 Å². The molecule has 3 rings (SSSR count). The molecule has 1 unspecified atom stereocenters. The average molecular weight is 251 g/mol. The first-order valence-corrected chi connectivity index (χ1v) is 6.20. The molecular formula is C11H17N5O2. The van der Waals surface area contributed by atoms with Crippen LogP contribution in [0.1, 0.15) is 36.4 Å². The summed E-state index contributed by atoms with van der Waals surface area (Å²) in [6, 6.07) is 0.103. The molecule has 1 saturated heterocycles. The van der Waals surface area contributed by atoms with Gasteiger partial charge in [-0.1, -0.05) is 5.10 Å². The maximum atomic E-state index is 11.9. The molecule has 1 aromatic heterocycles. The Bertz CT molecular complexity index is 468. The van der Waals surface area contributed by atoms with Crippen LogP contribution in [0.4, 0.5) is 6.01 Å². The first-order valence-electron chi connectivity index (χ1n) is 6.20. The topological polar surface area (TPSA) is 97.3 Å². The van der Waals surface area contributed by atoms with Gasteiger partial charge >= 0.3 is 17.8 Å². The summed E-state index contributed by atoms with van der Waals surface area (Å²) < 4.78 is 4.91. The molecule has 1 saturated carbocycles. The van der Waals surface area contributed by atoms with Crippen molar-refractivity contribution in [2.45, 2.75) is 37.3 Å². The standard InChI is InChI=1S/C11H17N5O2/c1-16-5-2-7(6-11(16)3-4-11)13-8(17)9-14-15-10(12)18-9/h7H,2-6H2,1H3,(H2,12,15)(H,13,17). The fraction of sp³-hybridized carbons (Fsp3) is 0.727. The van der Waals surface area contributed by atoms with E-state index in [0.717, 1.165) is 19.4 Å². The van der Waals surface area contributed by atoms with Gasteiger partial charge in [0.2, 0.25) is 0 Å². The average Bonchev–Trinajstić information content (AvgIpc) is 2.97. The van der Waals surface area contributed by atoms with Crippen LogP contribution in [-0.4, -0.2) is 46.2 Å². The number of nitrogen functional groups attached to an aromatic ring is 1. The Labute approximate surface area is 105 Å². The van der Waals surface area contributed by atoms with Crippen LogP contribution >= 0.6 is 0 Å². The predicted molar refractivity (Wildman–Crippen MR) is 63.8 cm³/mol. The predicted octanol–water partition coefficient (Wildman–Crippen LogP) is 0.00840. The molecule has 18 heavy (non-hydrogen) atoms. The zero-order valence-electron chi connectivity index (χ0n) is 10.3. The Hall–Kier alpha value is -1.63. The molecule has 1 aliphatic carbocycles. The number of rotatable bonds is 2. The van der Waals surface area contributed by atoms with Gasteiger partial charge in [-0.2, -0.15) is 0 Å². The zero-order chi connectivity index (χ0) is 12.8. The molecule has 2 fully saturated rings. The van der Waals surface area contributed by atoms with Crippen molar-refractivity contribution in [3.63, 3.8) is 0 Å². The lowest BCUT2D eigenvalue weighted by molar-refractivity contribution is 0.0839. The van der Waals surface area contributed by atoms with Gasteiger partial charge in [0, 0.05) is 18.1 Å². The molecule has 1 aliphatic heterocycles. The molecule has 0 bridgehead atoms. The van der Waals surface area contributed by atoms with Crippen molar-refractivity contribution in [2.24, 2.45) is 0 Å². The second-order valence-electron chi connectivity index (χ2n) is 5.25. The van der Waals surface area contributed by atoms with E-state index in [0.29, 0.717) is 5.54 Å². The highest BCUT2D eigenvalue weighted by Gasteiger charge is 2.50. The number of piperidine rings is 1. The molecule has 1 atom stereocenters. The third-order valence-electron chi connectivity index (χ3n) is 4.05. The first-order chi connectivity index (χ1) is 8.59. The minimum atomic E-state index is -0.329. The number of hydrogen-bond acceptors (Lipinski definition) is 6. The highest BCUT2D eigenvalue weighted by Crippen LogP contribution is 2.47. The van der Waals surface area contributed by atoms with Crippen LogP contribution in [-0.2, 0) is 0 Å². The summed E-state index contributed by atoms with van der Waals surface area (Å²) in [5.41, 5.74) is 5.62. The number of nitrogens with one attached hydrogen (secondary N) is 1. The van der Waals surface area contributed by atoms with E-state index in [2.05, 4.69) is 27.5 Å². The van der Waals surface area contributed by atoms with Crippen molar-refractivity contribution in [1.29, 1.82) is 0 Å². The van der Waals surface area contributed by atoms with Gasteiger partial charge in [-0.05, 0) is 32.7 Å². The third-order valence-corrected chi connectivity index (χ3v) is 4.05. The summed E-state index contributed by atoms with van der Waals surface area (Å²) >= 11 is 0. The van der Waals surface area contributed by atoms with E-state index >= 15 is 0 Å². The monoisotopic (exact) mass is 251 g/mol. The molecule has 1 aromatic rings. The van der Waals surface area contributed by atoms with E-state index in [1.807, 2.05) is 0 Å². The summed E-state index contributed by atoms with van der Waals surface area (Å²) in [6.07, 6.45) is 4.40. The summed E-state index contributed by atoms with van der Waals surface area (Å²) in [7, 11) is 2.16. The van der Waals surface area contributed by atoms with Crippen molar-refractivity contribution in [3.05, 3.63) is 5.89 Å². The lowest BCUT2D eigenvalue weighted by atomic mass is 9.95. The molecule has 2 heterocycles. The first kappa shape index (κ1) is 11.5. The van der Waals surface area contributed by atoms with Crippen LogP contribution in [0.15, 0.2) is 4.42 Å². The molecule has 98 valence electrons. The van der Waals surface area contributed by atoms with Crippen LogP contribution < -0.4 is 11.1 Å². The molecular weight excluding hydrogens is 234 g/mol. The van der Waals surface area contributed by atoms with Crippen LogP contribution in [0.5, 0.6) is 0 Å². The SMILES string of the molecule is CN1CCC(NC(=O)c2nnc(N)o2)CC12CC2. The molecule has 0 aromatic carbocycles. The van der Waals surface area contributed by atoms with Crippen LogP contribution in [0.3, 0.4) is 0 Å². The number of carbonyl (C=O) groups is 1. The van der Waals surface area contributed by atoms with E-state index in [9.17, 15) is 4.79 Å². The van der Waals surface area contributed by atoms with Gasteiger partial charge in [0.05, 0.1) is 0 Å². The zero-order valence-corrected chi connectivity index (χ0v) is 10.3. The molecule has 7 heteroatoms. The highest BCUT2D eigenvalue weighted by atomic mass is 16.4. The van der Waals surface area contributed by atoms with Gasteiger partial charge in [0.1, 0.15) is 0 Å². The Balaban J connectivity index is 1.62. The van der Waals surface area contributed by atoms with Gasteiger partial charge in [-0.25, -0.2) is 0 Å². The van der Waals surface area contributed by atoms with Crippen molar-refractivity contribution in [1.82, 2.24) is 20.4 Å². The molecule has 3 N–H and O–H groups in total. The van der Waals surface area contributed by atoms with E-state index in [4.69, 9.17) is 10.2 Å². The molecule has 1 spiro atoms. The Morgan fingerprint density at radius 1 is 1.56 bits per heavy atom. The van der Waals surface area contributed by atoms with Gasteiger partial charge in [0.25, 0.3) is 0 Å². The van der Waals surface area contributed by atoms with Gasteiger partial charge in [-0.3, -0.25) is 4.79 Å². The number of nitrogens with zero attached hydrogens (tertiary/aromatic N) is 3. The van der Waals surface area contributed by atoms with E-state index < -0.39 is 0 Å². The van der Waals surface area contributed by atoms with Gasteiger partial charge < -0.3 is 20.4 Å². The molecule has 1 amide bonds. The molecule has 7 nitrogen and oxygen atoms in total. The lowest BCUT2D eigenvalue weighted by Crippen LogP contribution is -2.49. The van der Waals surface area contributed by atoms with Crippen molar-refractivity contribution < 1.29 is 9.21 Å². The number of aromatic nitrogens is 2.